The number of benzene rings is 1. The van der Waals surface area contributed by atoms with Gasteiger partial charge in [0.25, 0.3) is 0 Å². The van der Waals surface area contributed by atoms with Crippen LogP contribution < -0.4 is 20.1 Å². The first-order valence-electron chi connectivity index (χ1n) is 8.30. The Kier molecular flexibility index (Phi) is 7.53. The van der Waals surface area contributed by atoms with Gasteiger partial charge in [0, 0.05) is 42.2 Å². The Hall–Kier alpha value is -2.28. The summed E-state index contributed by atoms with van der Waals surface area (Å²) >= 11 is 1.73. The Balaban J connectivity index is 1.96. The molecule has 0 unspecified atom stereocenters. The summed E-state index contributed by atoms with van der Waals surface area (Å²) in [6, 6.07) is 5.76. The van der Waals surface area contributed by atoms with Crippen LogP contribution in [0.3, 0.4) is 0 Å². The fourth-order valence-electron chi connectivity index (χ4n) is 2.29. The van der Waals surface area contributed by atoms with Crippen molar-refractivity contribution in [1.29, 1.82) is 0 Å². The third-order valence-corrected chi connectivity index (χ3v) is 4.52. The van der Waals surface area contributed by atoms with Crippen molar-refractivity contribution in [2.45, 2.75) is 26.8 Å². The second kappa shape index (κ2) is 9.88. The molecule has 0 fully saturated rings. The molecule has 136 valence electrons. The molecule has 0 amide bonds. The van der Waals surface area contributed by atoms with Gasteiger partial charge in [-0.1, -0.05) is 0 Å². The van der Waals surface area contributed by atoms with Gasteiger partial charge in [-0.2, -0.15) is 0 Å². The summed E-state index contributed by atoms with van der Waals surface area (Å²) in [5.74, 6) is 2.33. The highest BCUT2D eigenvalue weighted by atomic mass is 32.1. The Morgan fingerprint density at radius 2 is 2.08 bits per heavy atom. The molecule has 25 heavy (non-hydrogen) atoms. The van der Waals surface area contributed by atoms with E-state index in [9.17, 15) is 0 Å². The van der Waals surface area contributed by atoms with E-state index in [2.05, 4.69) is 34.5 Å². The van der Waals surface area contributed by atoms with Crippen molar-refractivity contribution in [1.82, 2.24) is 15.6 Å². The van der Waals surface area contributed by atoms with Crippen LogP contribution in [0.15, 0.2) is 29.4 Å². The second-order valence-corrected chi connectivity index (χ2v) is 6.73. The molecule has 0 saturated carbocycles. The van der Waals surface area contributed by atoms with Crippen LogP contribution in [0.1, 0.15) is 22.4 Å². The third kappa shape index (κ3) is 5.94. The second-order valence-electron chi connectivity index (χ2n) is 5.41. The van der Waals surface area contributed by atoms with E-state index in [-0.39, 0.29) is 0 Å². The minimum atomic E-state index is 0.527. The van der Waals surface area contributed by atoms with Gasteiger partial charge in [-0.05, 0) is 26.0 Å². The number of hydrogen-bond donors (Lipinski definition) is 2. The number of aliphatic imine (C=N–C) groups is 1. The van der Waals surface area contributed by atoms with Crippen LogP contribution in [0.4, 0.5) is 0 Å². The van der Waals surface area contributed by atoms with Gasteiger partial charge in [0.2, 0.25) is 0 Å². The van der Waals surface area contributed by atoms with Gasteiger partial charge in [-0.25, -0.2) is 9.98 Å². The SMILES string of the molecule is CCNC(=NCc1ccc(OC)cc1OC)NCCc1ncc(C)s1. The topological polar surface area (TPSA) is 67.8 Å². The molecule has 0 saturated heterocycles. The molecular weight excluding hydrogens is 336 g/mol. The van der Waals surface area contributed by atoms with E-state index in [1.165, 1.54) is 4.88 Å². The number of thiazole rings is 1. The number of hydrogen-bond acceptors (Lipinski definition) is 5. The van der Waals surface area contributed by atoms with E-state index in [0.29, 0.717) is 6.54 Å². The molecule has 6 nitrogen and oxygen atoms in total. The number of nitrogens with one attached hydrogen (secondary N) is 2. The van der Waals surface area contributed by atoms with E-state index < -0.39 is 0 Å². The summed E-state index contributed by atoms with van der Waals surface area (Å²) in [6.07, 6.45) is 2.80. The third-order valence-electron chi connectivity index (χ3n) is 3.55. The highest BCUT2D eigenvalue weighted by Gasteiger charge is 2.06. The van der Waals surface area contributed by atoms with Crippen molar-refractivity contribution < 1.29 is 9.47 Å². The molecule has 1 heterocycles. The largest absolute Gasteiger partial charge is 0.497 e. The molecule has 0 atom stereocenters. The molecule has 0 aliphatic carbocycles. The quantitative estimate of drug-likeness (QED) is 0.558. The molecule has 2 N–H and O–H groups in total. The first-order valence-corrected chi connectivity index (χ1v) is 9.12. The average Bonchev–Trinajstić information content (AvgIpc) is 3.04. The number of aromatic nitrogens is 1. The Morgan fingerprint density at radius 1 is 1.24 bits per heavy atom. The molecule has 0 aliphatic heterocycles. The minimum Gasteiger partial charge on any atom is -0.497 e. The van der Waals surface area contributed by atoms with E-state index in [1.54, 1.807) is 25.6 Å². The summed E-state index contributed by atoms with van der Waals surface area (Å²) in [7, 11) is 3.30. The maximum absolute atomic E-state index is 5.42. The van der Waals surface area contributed by atoms with Crippen molar-refractivity contribution >= 4 is 17.3 Å². The lowest BCUT2D eigenvalue weighted by Crippen LogP contribution is -2.38. The van der Waals surface area contributed by atoms with E-state index >= 15 is 0 Å². The fourth-order valence-corrected chi connectivity index (χ4v) is 3.08. The Labute approximate surface area is 153 Å². The highest BCUT2D eigenvalue weighted by molar-refractivity contribution is 7.11. The van der Waals surface area contributed by atoms with Crippen LogP contribution in [0.5, 0.6) is 11.5 Å². The number of nitrogens with zero attached hydrogens (tertiary/aromatic N) is 2. The van der Waals surface area contributed by atoms with Gasteiger partial charge < -0.3 is 20.1 Å². The lowest BCUT2D eigenvalue weighted by atomic mass is 10.2. The lowest BCUT2D eigenvalue weighted by Gasteiger charge is -2.12. The summed E-state index contributed by atoms with van der Waals surface area (Å²) in [6.45, 7) is 6.25. The predicted molar refractivity (Wildman–Crippen MR) is 103 cm³/mol. The van der Waals surface area contributed by atoms with Crippen molar-refractivity contribution in [2.75, 3.05) is 27.3 Å². The zero-order valence-corrected chi connectivity index (χ0v) is 16.1. The Bertz CT molecular complexity index is 700. The molecule has 0 spiro atoms. The van der Waals surface area contributed by atoms with Gasteiger partial charge in [-0.15, -0.1) is 11.3 Å². The van der Waals surface area contributed by atoms with E-state index in [0.717, 1.165) is 47.5 Å². The van der Waals surface area contributed by atoms with E-state index in [1.807, 2.05) is 24.4 Å². The molecule has 1 aromatic carbocycles. The zero-order chi connectivity index (χ0) is 18.1. The van der Waals surface area contributed by atoms with E-state index in [4.69, 9.17) is 9.47 Å². The van der Waals surface area contributed by atoms with Gasteiger partial charge >= 0.3 is 0 Å². The maximum atomic E-state index is 5.42. The van der Waals surface area contributed by atoms with Crippen LogP contribution >= 0.6 is 11.3 Å². The fraction of sp³-hybridized carbons (Fsp3) is 0.444. The monoisotopic (exact) mass is 362 g/mol. The zero-order valence-electron chi connectivity index (χ0n) is 15.3. The normalized spacial score (nSPS) is 11.3. The van der Waals surface area contributed by atoms with Gasteiger partial charge in [0.1, 0.15) is 11.5 Å². The van der Waals surface area contributed by atoms with Gasteiger partial charge in [0.15, 0.2) is 5.96 Å². The first-order chi connectivity index (χ1) is 12.2. The molecule has 2 aromatic rings. The van der Waals surface area contributed by atoms with Crippen LogP contribution in [-0.4, -0.2) is 38.3 Å². The minimum absolute atomic E-state index is 0.527. The standard InChI is InChI=1S/C18H26N4O2S/c1-5-19-18(20-9-8-17-21-11-13(2)25-17)22-12-14-6-7-15(23-3)10-16(14)24-4/h6-7,10-11H,5,8-9,12H2,1-4H3,(H2,19,20,22). The first kappa shape index (κ1) is 19.1. The number of ether oxygens (including phenoxy) is 2. The highest BCUT2D eigenvalue weighted by Crippen LogP contribution is 2.25. The summed E-state index contributed by atoms with van der Waals surface area (Å²) in [5, 5.41) is 7.75. The van der Waals surface area contributed by atoms with Crippen LogP contribution in [0.2, 0.25) is 0 Å². The van der Waals surface area contributed by atoms with Gasteiger partial charge in [0.05, 0.1) is 25.8 Å². The molecule has 0 aliphatic rings. The molecule has 0 radical (unpaired) electrons. The maximum Gasteiger partial charge on any atom is 0.191 e. The van der Waals surface area contributed by atoms with Crippen molar-refractivity contribution in [3.05, 3.63) is 39.8 Å². The predicted octanol–water partition coefficient (Wildman–Crippen LogP) is 2.77. The summed E-state index contributed by atoms with van der Waals surface area (Å²) in [5.41, 5.74) is 1.01. The Morgan fingerprint density at radius 3 is 2.72 bits per heavy atom. The number of aryl methyl sites for hydroxylation is 1. The van der Waals surface area contributed by atoms with Crippen LogP contribution in [0, 0.1) is 6.92 Å². The molecule has 1 aromatic heterocycles. The van der Waals surface area contributed by atoms with Gasteiger partial charge in [-0.3, -0.25) is 0 Å². The van der Waals surface area contributed by atoms with Crippen molar-refractivity contribution in [2.24, 2.45) is 4.99 Å². The lowest BCUT2D eigenvalue weighted by molar-refractivity contribution is 0.391. The molecule has 7 heteroatoms. The molecule has 2 rings (SSSR count). The average molecular weight is 362 g/mol. The number of guanidine groups is 1. The number of rotatable bonds is 8. The summed E-state index contributed by atoms with van der Waals surface area (Å²) in [4.78, 5) is 10.3. The van der Waals surface area contributed by atoms with Crippen molar-refractivity contribution in [3.8, 4) is 11.5 Å². The summed E-state index contributed by atoms with van der Waals surface area (Å²) < 4.78 is 10.7. The molecular formula is C18H26N4O2S. The molecule has 0 bridgehead atoms. The smallest absolute Gasteiger partial charge is 0.191 e. The van der Waals surface area contributed by atoms with Crippen LogP contribution in [0.25, 0.3) is 0 Å². The van der Waals surface area contributed by atoms with Crippen LogP contribution in [-0.2, 0) is 13.0 Å². The number of methoxy groups -OCH3 is 2. The van der Waals surface area contributed by atoms with Crippen molar-refractivity contribution in [3.63, 3.8) is 0 Å².